The van der Waals surface area contributed by atoms with E-state index < -0.39 is 10.0 Å². The second kappa shape index (κ2) is 7.99. The summed E-state index contributed by atoms with van der Waals surface area (Å²) >= 11 is 0. The topological polar surface area (TPSA) is 80.8 Å². The molecule has 29 heavy (non-hydrogen) atoms. The lowest BCUT2D eigenvalue weighted by atomic mass is 9.99. The van der Waals surface area contributed by atoms with Crippen molar-refractivity contribution in [2.75, 3.05) is 24.8 Å². The van der Waals surface area contributed by atoms with E-state index in [9.17, 15) is 8.42 Å². The normalized spacial score (nSPS) is 24.6. The Morgan fingerprint density at radius 3 is 2.31 bits per heavy atom. The lowest BCUT2D eigenvalue weighted by molar-refractivity contribution is 0.236. The van der Waals surface area contributed by atoms with Crippen molar-refractivity contribution in [1.82, 2.24) is 9.29 Å². The summed E-state index contributed by atoms with van der Waals surface area (Å²) in [5, 5.41) is 4.64. The van der Waals surface area contributed by atoms with E-state index in [4.69, 9.17) is 9.47 Å². The van der Waals surface area contributed by atoms with Gasteiger partial charge in [-0.15, -0.1) is 0 Å². The van der Waals surface area contributed by atoms with Crippen molar-refractivity contribution in [2.24, 2.45) is 0 Å². The maximum atomic E-state index is 12.1. The SMILES string of the molecule is CCOc1cc2nccc(NC3CC4CCC(C3)N4S(C)(=O)=O)c2cc1OCC. The summed E-state index contributed by atoms with van der Waals surface area (Å²) in [4.78, 5) is 4.50. The van der Waals surface area contributed by atoms with E-state index in [1.54, 1.807) is 10.5 Å². The first-order valence-corrected chi connectivity index (χ1v) is 12.2. The molecule has 0 amide bonds. The first-order valence-electron chi connectivity index (χ1n) is 10.3. The first-order chi connectivity index (χ1) is 13.9. The molecule has 0 saturated carbocycles. The van der Waals surface area contributed by atoms with Gasteiger partial charge in [-0.25, -0.2) is 8.42 Å². The minimum absolute atomic E-state index is 0.0953. The van der Waals surface area contributed by atoms with Gasteiger partial charge in [0.2, 0.25) is 10.0 Å². The zero-order chi connectivity index (χ0) is 20.6. The quantitative estimate of drug-likeness (QED) is 0.741. The Labute approximate surface area is 172 Å². The third-order valence-corrected chi connectivity index (χ3v) is 7.18. The Kier molecular flexibility index (Phi) is 5.57. The number of hydrogen-bond acceptors (Lipinski definition) is 6. The van der Waals surface area contributed by atoms with Crippen molar-refractivity contribution >= 4 is 26.6 Å². The molecule has 0 aliphatic carbocycles. The predicted octanol–water partition coefficient (Wildman–Crippen LogP) is 3.40. The second-order valence-corrected chi connectivity index (χ2v) is 9.72. The highest BCUT2D eigenvalue weighted by Crippen LogP contribution is 2.40. The van der Waals surface area contributed by atoms with Crippen LogP contribution in [0.15, 0.2) is 24.4 Å². The van der Waals surface area contributed by atoms with Crippen molar-refractivity contribution in [3.8, 4) is 11.5 Å². The maximum absolute atomic E-state index is 12.1. The van der Waals surface area contributed by atoms with Crippen LogP contribution in [0.5, 0.6) is 11.5 Å². The van der Waals surface area contributed by atoms with E-state index in [1.807, 2.05) is 32.0 Å². The standard InChI is InChI=1S/C21H29N3O4S/c1-4-27-20-12-17-18(8-9-22-19(17)13-21(20)28-5-2)23-14-10-15-6-7-16(11-14)24(15)29(3,25)26/h8-9,12-16H,4-7,10-11H2,1-3H3,(H,22,23). The number of fused-ring (bicyclic) bond motifs is 3. The first kappa shape index (κ1) is 20.2. The molecule has 1 aromatic carbocycles. The largest absolute Gasteiger partial charge is 0.490 e. The van der Waals surface area contributed by atoms with Crippen molar-refractivity contribution in [1.29, 1.82) is 0 Å². The van der Waals surface area contributed by atoms with Crippen LogP contribution in [0, 0.1) is 0 Å². The van der Waals surface area contributed by atoms with Crippen molar-refractivity contribution in [2.45, 2.75) is 57.7 Å². The summed E-state index contributed by atoms with van der Waals surface area (Å²) in [6, 6.07) is 6.31. The van der Waals surface area contributed by atoms with Gasteiger partial charge in [0, 0.05) is 41.5 Å². The Bertz CT molecular complexity index is 981. The van der Waals surface area contributed by atoms with E-state index in [0.717, 1.165) is 42.3 Å². The van der Waals surface area contributed by atoms with Gasteiger partial charge in [-0.05, 0) is 51.7 Å². The smallest absolute Gasteiger partial charge is 0.211 e. The summed E-state index contributed by atoms with van der Waals surface area (Å²) in [7, 11) is -3.15. The number of ether oxygens (including phenoxy) is 2. The monoisotopic (exact) mass is 419 g/mol. The zero-order valence-electron chi connectivity index (χ0n) is 17.2. The van der Waals surface area contributed by atoms with Crippen LogP contribution in [0.25, 0.3) is 10.9 Å². The summed E-state index contributed by atoms with van der Waals surface area (Å²) in [5.74, 6) is 1.41. The fourth-order valence-electron chi connectivity index (χ4n) is 4.83. The molecule has 2 unspecified atom stereocenters. The molecular formula is C21H29N3O4S. The number of hydrogen-bond donors (Lipinski definition) is 1. The molecular weight excluding hydrogens is 390 g/mol. The molecule has 0 radical (unpaired) electrons. The van der Waals surface area contributed by atoms with E-state index in [1.165, 1.54) is 6.26 Å². The third kappa shape index (κ3) is 4.00. The predicted molar refractivity (Wildman–Crippen MR) is 114 cm³/mol. The highest BCUT2D eigenvalue weighted by Gasteiger charge is 2.45. The van der Waals surface area contributed by atoms with Gasteiger partial charge in [-0.2, -0.15) is 4.31 Å². The number of nitrogens with zero attached hydrogens (tertiary/aromatic N) is 2. The van der Waals surface area contributed by atoms with E-state index in [-0.39, 0.29) is 18.1 Å². The van der Waals surface area contributed by atoms with Crippen LogP contribution < -0.4 is 14.8 Å². The Morgan fingerprint density at radius 2 is 1.72 bits per heavy atom. The lowest BCUT2D eigenvalue weighted by Gasteiger charge is -2.37. The van der Waals surface area contributed by atoms with Crippen LogP contribution in [0.4, 0.5) is 5.69 Å². The third-order valence-electron chi connectivity index (χ3n) is 5.82. The molecule has 2 aliphatic rings. The fourth-order valence-corrected chi connectivity index (χ4v) is 6.30. The van der Waals surface area contributed by atoms with Crippen molar-refractivity contribution in [3.05, 3.63) is 24.4 Å². The van der Waals surface area contributed by atoms with Crippen molar-refractivity contribution < 1.29 is 17.9 Å². The minimum Gasteiger partial charge on any atom is -0.490 e. The number of benzene rings is 1. The van der Waals surface area contributed by atoms with Gasteiger partial charge >= 0.3 is 0 Å². The van der Waals surface area contributed by atoms with Crippen LogP contribution in [0.1, 0.15) is 39.5 Å². The summed E-state index contributed by atoms with van der Waals surface area (Å²) in [6.07, 6.45) is 6.65. The Hall–Kier alpha value is -2.06. The van der Waals surface area contributed by atoms with Gasteiger partial charge in [0.1, 0.15) is 0 Å². The molecule has 8 heteroatoms. The number of piperidine rings is 1. The molecule has 2 saturated heterocycles. The van der Waals surface area contributed by atoms with Gasteiger partial charge < -0.3 is 14.8 Å². The number of nitrogens with one attached hydrogen (secondary N) is 1. The molecule has 2 bridgehead atoms. The average Bonchev–Trinajstić information content (AvgIpc) is 2.95. The molecule has 1 N–H and O–H groups in total. The summed E-state index contributed by atoms with van der Waals surface area (Å²) in [6.45, 7) is 5.02. The maximum Gasteiger partial charge on any atom is 0.211 e. The highest BCUT2D eigenvalue weighted by atomic mass is 32.2. The minimum atomic E-state index is -3.15. The van der Waals surface area contributed by atoms with E-state index >= 15 is 0 Å². The molecule has 1 aromatic heterocycles. The number of pyridine rings is 1. The molecule has 0 spiro atoms. The zero-order valence-corrected chi connectivity index (χ0v) is 18.0. The molecule has 158 valence electrons. The van der Waals surface area contributed by atoms with Gasteiger partial charge in [-0.1, -0.05) is 0 Å². The number of aromatic nitrogens is 1. The molecule has 3 heterocycles. The molecule has 2 aliphatic heterocycles. The summed E-state index contributed by atoms with van der Waals surface area (Å²) < 4.78 is 37.5. The molecule has 4 rings (SSSR count). The van der Waals surface area contributed by atoms with Gasteiger partial charge in [0.05, 0.1) is 25.0 Å². The summed E-state index contributed by atoms with van der Waals surface area (Å²) in [5.41, 5.74) is 1.84. The van der Waals surface area contributed by atoms with Crippen LogP contribution in [0.2, 0.25) is 0 Å². The highest BCUT2D eigenvalue weighted by molar-refractivity contribution is 7.88. The number of anilines is 1. The van der Waals surface area contributed by atoms with Crippen LogP contribution in [0.3, 0.4) is 0 Å². The second-order valence-electron chi connectivity index (χ2n) is 7.83. The van der Waals surface area contributed by atoms with Crippen LogP contribution >= 0.6 is 0 Å². The Morgan fingerprint density at radius 1 is 1.10 bits per heavy atom. The van der Waals surface area contributed by atoms with Crippen LogP contribution in [-0.2, 0) is 10.0 Å². The average molecular weight is 420 g/mol. The Balaban J connectivity index is 1.61. The molecule has 2 atom stereocenters. The van der Waals surface area contributed by atoms with Gasteiger partial charge in [-0.3, -0.25) is 4.98 Å². The van der Waals surface area contributed by atoms with Crippen LogP contribution in [-0.4, -0.2) is 55.3 Å². The number of rotatable bonds is 7. The van der Waals surface area contributed by atoms with Crippen molar-refractivity contribution in [3.63, 3.8) is 0 Å². The lowest BCUT2D eigenvalue weighted by Crippen LogP contribution is -2.49. The van der Waals surface area contributed by atoms with E-state index in [0.29, 0.717) is 24.7 Å². The molecule has 2 aromatic rings. The molecule has 7 nitrogen and oxygen atoms in total. The van der Waals surface area contributed by atoms with Gasteiger partial charge in [0.15, 0.2) is 11.5 Å². The molecule has 2 fully saturated rings. The van der Waals surface area contributed by atoms with E-state index in [2.05, 4.69) is 10.3 Å². The fraction of sp³-hybridized carbons (Fsp3) is 0.571. The van der Waals surface area contributed by atoms with Gasteiger partial charge in [0.25, 0.3) is 0 Å². The number of sulfonamides is 1.